The summed E-state index contributed by atoms with van der Waals surface area (Å²) in [4.78, 5) is 11.8. The Morgan fingerprint density at radius 2 is 2.05 bits per heavy atom. The highest BCUT2D eigenvalue weighted by molar-refractivity contribution is 8.13. The van der Waals surface area contributed by atoms with Gasteiger partial charge in [-0.25, -0.2) is 8.42 Å². The van der Waals surface area contributed by atoms with Crippen LogP contribution in [0.2, 0.25) is 0 Å². The molecule has 0 bridgehead atoms. The zero-order valence-electron chi connectivity index (χ0n) is 12.0. The van der Waals surface area contributed by atoms with E-state index < -0.39 is 15.0 Å². The second-order valence-corrected chi connectivity index (χ2v) is 8.02. The van der Waals surface area contributed by atoms with Gasteiger partial charge in [0.15, 0.2) is 5.69 Å². The summed E-state index contributed by atoms with van der Waals surface area (Å²) >= 11 is 0. The number of aromatic amines is 1. The van der Waals surface area contributed by atoms with Crippen molar-refractivity contribution < 1.29 is 13.2 Å². The van der Waals surface area contributed by atoms with Gasteiger partial charge >= 0.3 is 0 Å². The third kappa shape index (κ3) is 4.20. The maximum absolute atomic E-state index is 12.1. The molecule has 1 aromatic rings. The van der Waals surface area contributed by atoms with Crippen LogP contribution in [0.1, 0.15) is 54.7 Å². The molecule has 1 saturated carbocycles. The molecule has 1 fully saturated rings. The molecule has 1 heterocycles. The Labute approximate surface area is 129 Å². The molecule has 1 aliphatic carbocycles. The lowest BCUT2D eigenvalue weighted by Gasteiger charge is -2.21. The number of carbonyl (C=O) groups excluding carboxylic acids is 1. The van der Waals surface area contributed by atoms with E-state index in [9.17, 15) is 13.2 Å². The van der Waals surface area contributed by atoms with Crippen molar-refractivity contribution in [1.82, 2.24) is 15.5 Å². The third-order valence-electron chi connectivity index (χ3n) is 3.91. The highest BCUT2D eigenvalue weighted by atomic mass is 35.7. The molecular weight excluding hydrogens is 314 g/mol. The van der Waals surface area contributed by atoms with Gasteiger partial charge in [0, 0.05) is 17.2 Å². The van der Waals surface area contributed by atoms with Crippen molar-refractivity contribution in [3.8, 4) is 0 Å². The van der Waals surface area contributed by atoms with E-state index in [4.69, 9.17) is 10.7 Å². The average Bonchev–Trinajstić information content (AvgIpc) is 2.82. The summed E-state index contributed by atoms with van der Waals surface area (Å²) in [5.74, 6) is 0.144. The van der Waals surface area contributed by atoms with Gasteiger partial charge in [-0.1, -0.05) is 32.1 Å². The summed E-state index contributed by atoms with van der Waals surface area (Å²) in [6, 6.07) is 0. The maximum atomic E-state index is 12.1. The number of H-pyrrole nitrogens is 1. The fourth-order valence-electron chi connectivity index (χ4n) is 2.82. The van der Waals surface area contributed by atoms with E-state index in [2.05, 4.69) is 15.5 Å². The lowest BCUT2D eigenvalue weighted by atomic mass is 9.87. The molecule has 0 atom stereocenters. The Hall–Kier alpha value is -1.08. The fourth-order valence-corrected chi connectivity index (χ4v) is 4.17. The minimum Gasteiger partial charge on any atom is -0.351 e. The van der Waals surface area contributed by atoms with Gasteiger partial charge in [-0.05, 0) is 19.3 Å². The highest BCUT2D eigenvalue weighted by Gasteiger charge is 2.26. The molecule has 0 aliphatic heterocycles. The first kappa shape index (κ1) is 16.3. The molecule has 8 heteroatoms. The zero-order valence-corrected chi connectivity index (χ0v) is 13.6. The Morgan fingerprint density at radius 3 is 2.67 bits per heavy atom. The minimum absolute atomic E-state index is 0.161. The van der Waals surface area contributed by atoms with Crippen molar-refractivity contribution >= 4 is 25.6 Å². The third-order valence-corrected chi connectivity index (χ3v) is 5.36. The summed E-state index contributed by atoms with van der Waals surface area (Å²) in [5, 5.41) is 8.96. The summed E-state index contributed by atoms with van der Waals surface area (Å²) in [7, 11) is 1.35. The van der Waals surface area contributed by atoms with Crippen LogP contribution in [0.4, 0.5) is 0 Å². The van der Waals surface area contributed by atoms with Gasteiger partial charge in [-0.15, -0.1) is 0 Å². The molecule has 1 aliphatic rings. The van der Waals surface area contributed by atoms with Crippen LogP contribution < -0.4 is 5.32 Å². The first-order chi connectivity index (χ1) is 9.89. The normalized spacial score (nSPS) is 16.9. The van der Waals surface area contributed by atoms with E-state index in [0.717, 1.165) is 6.42 Å². The van der Waals surface area contributed by atoms with E-state index in [-0.39, 0.29) is 16.3 Å². The number of nitrogens with one attached hydrogen (secondary N) is 2. The number of amides is 1. The Kier molecular flexibility index (Phi) is 5.27. The molecule has 2 rings (SSSR count). The molecule has 21 heavy (non-hydrogen) atoms. The molecule has 0 saturated heterocycles. The predicted octanol–water partition coefficient (Wildman–Crippen LogP) is 2.35. The topological polar surface area (TPSA) is 91.9 Å². The molecule has 0 spiro atoms. The van der Waals surface area contributed by atoms with Gasteiger partial charge in [0.1, 0.15) is 4.90 Å². The summed E-state index contributed by atoms with van der Waals surface area (Å²) in [6.45, 7) is 2.04. The number of aryl methyl sites for hydroxylation is 1. The molecule has 0 radical (unpaired) electrons. The van der Waals surface area contributed by atoms with Crippen LogP contribution in [0.25, 0.3) is 0 Å². The predicted molar refractivity (Wildman–Crippen MR) is 79.9 cm³/mol. The number of rotatable bonds is 5. The highest BCUT2D eigenvalue weighted by Crippen LogP contribution is 2.26. The largest absolute Gasteiger partial charge is 0.351 e. The van der Waals surface area contributed by atoms with Crippen molar-refractivity contribution in [2.75, 3.05) is 6.54 Å². The molecular formula is C13H20ClN3O3S. The van der Waals surface area contributed by atoms with Gasteiger partial charge in [-0.2, -0.15) is 5.10 Å². The molecule has 6 nitrogen and oxygen atoms in total. The van der Waals surface area contributed by atoms with Crippen LogP contribution in [0, 0.1) is 12.8 Å². The van der Waals surface area contributed by atoms with Gasteiger partial charge < -0.3 is 5.32 Å². The van der Waals surface area contributed by atoms with Crippen LogP contribution in [0.3, 0.4) is 0 Å². The number of carbonyl (C=O) groups is 1. The van der Waals surface area contributed by atoms with Crippen LogP contribution in [0.5, 0.6) is 0 Å². The van der Waals surface area contributed by atoms with Gasteiger partial charge in [0.25, 0.3) is 15.0 Å². The van der Waals surface area contributed by atoms with E-state index >= 15 is 0 Å². The van der Waals surface area contributed by atoms with Gasteiger partial charge in [0.2, 0.25) is 0 Å². The summed E-state index contributed by atoms with van der Waals surface area (Å²) in [6.07, 6.45) is 7.14. The number of halogens is 1. The molecule has 118 valence electrons. The van der Waals surface area contributed by atoms with Gasteiger partial charge in [-0.3, -0.25) is 9.89 Å². The molecule has 0 aromatic carbocycles. The second-order valence-electron chi connectivity index (χ2n) is 5.51. The van der Waals surface area contributed by atoms with Crippen molar-refractivity contribution in [2.24, 2.45) is 5.92 Å². The molecule has 0 unspecified atom stereocenters. The van der Waals surface area contributed by atoms with Crippen LogP contribution in [-0.2, 0) is 9.05 Å². The van der Waals surface area contributed by atoms with Crippen LogP contribution in [0.15, 0.2) is 4.90 Å². The summed E-state index contributed by atoms with van der Waals surface area (Å²) in [5.41, 5.74) is 0.105. The average molecular weight is 334 g/mol. The molecule has 1 amide bonds. The lowest BCUT2D eigenvalue weighted by molar-refractivity contribution is 0.0942. The molecule has 2 N–H and O–H groups in total. The molecule has 1 aromatic heterocycles. The van der Waals surface area contributed by atoms with Crippen LogP contribution in [-0.4, -0.2) is 31.1 Å². The van der Waals surface area contributed by atoms with E-state index in [0.29, 0.717) is 12.5 Å². The van der Waals surface area contributed by atoms with E-state index in [1.54, 1.807) is 0 Å². The monoisotopic (exact) mass is 333 g/mol. The van der Waals surface area contributed by atoms with Crippen molar-refractivity contribution in [3.63, 3.8) is 0 Å². The van der Waals surface area contributed by atoms with E-state index in [1.807, 2.05) is 0 Å². The Morgan fingerprint density at radius 1 is 1.38 bits per heavy atom. The Balaban J connectivity index is 1.95. The quantitative estimate of drug-likeness (QED) is 0.809. The second kappa shape index (κ2) is 6.79. The standard InChI is InChI=1S/C13H20ClN3O3S/c1-9-12(21(14,19)20)11(17-16-9)13(18)15-8-7-10-5-3-2-4-6-10/h10H,2-8H2,1H3,(H,15,18)(H,16,17). The zero-order chi connectivity index (χ0) is 15.5. The Bertz CT molecular complexity index is 606. The van der Waals surface area contributed by atoms with Crippen molar-refractivity contribution in [1.29, 1.82) is 0 Å². The van der Waals surface area contributed by atoms with Gasteiger partial charge in [0.05, 0.1) is 5.69 Å². The lowest BCUT2D eigenvalue weighted by Crippen LogP contribution is -2.27. The first-order valence-electron chi connectivity index (χ1n) is 7.17. The SMILES string of the molecule is Cc1[nH]nc(C(=O)NCCC2CCCCC2)c1S(=O)(=O)Cl. The van der Waals surface area contributed by atoms with Crippen molar-refractivity contribution in [2.45, 2.75) is 50.3 Å². The van der Waals surface area contributed by atoms with Crippen LogP contribution >= 0.6 is 10.7 Å². The number of aromatic nitrogens is 2. The van der Waals surface area contributed by atoms with Crippen molar-refractivity contribution in [3.05, 3.63) is 11.4 Å². The minimum atomic E-state index is -3.99. The van der Waals surface area contributed by atoms with E-state index in [1.165, 1.54) is 39.0 Å². The number of hydrogen-bond donors (Lipinski definition) is 2. The smallest absolute Gasteiger partial charge is 0.273 e. The first-order valence-corrected chi connectivity index (χ1v) is 9.48. The maximum Gasteiger partial charge on any atom is 0.273 e. The summed E-state index contributed by atoms with van der Waals surface area (Å²) < 4.78 is 23.0. The number of hydrogen-bond acceptors (Lipinski definition) is 4. The fraction of sp³-hybridized carbons (Fsp3) is 0.692. The number of nitrogens with zero attached hydrogens (tertiary/aromatic N) is 1.